The van der Waals surface area contributed by atoms with Crippen LogP contribution in [0.4, 0.5) is 13.2 Å². The minimum atomic E-state index is -4.39. The number of rotatable bonds is 0. The normalized spacial score (nSPS) is 11.8. The molecule has 1 aromatic rings. The Balaban J connectivity index is 3.35. The first-order valence-electron chi connectivity index (χ1n) is 3.04. The first kappa shape index (κ1) is 11.6. The zero-order valence-electron chi connectivity index (χ0n) is 5.92. The second-order valence-electron chi connectivity index (χ2n) is 2.22. The maximum Gasteiger partial charge on any atom is 0.417 e. The van der Waals surface area contributed by atoms with E-state index >= 15 is 0 Å². The monoisotopic (exact) mass is 384 g/mol. The molecule has 72 valence electrons. The molecule has 0 spiro atoms. The van der Waals surface area contributed by atoms with Gasteiger partial charge in [0.1, 0.15) is 0 Å². The molecule has 0 nitrogen and oxygen atoms in total. The van der Waals surface area contributed by atoms with Gasteiger partial charge in [-0.2, -0.15) is 13.2 Å². The van der Waals surface area contributed by atoms with Gasteiger partial charge in [0, 0.05) is 8.04 Å². The SMILES string of the molecule is FC(F)(F)c1ccc(Br)c(I)c1Cl. The van der Waals surface area contributed by atoms with Crippen molar-refractivity contribution in [1.29, 1.82) is 0 Å². The van der Waals surface area contributed by atoms with Crippen LogP contribution in [-0.4, -0.2) is 0 Å². The average Bonchev–Trinajstić information content (AvgIpc) is 1.98. The van der Waals surface area contributed by atoms with E-state index < -0.39 is 11.7 Å². The molecule has 0 radical (unpaired) electrons. The summed E-state index contributed by atoms with van der Waals surface area (Å²) in [6, 6.07) is 2.28. The lowest BCUT2D eigenvalue weighted by atomic mass is 10.2. The molecule has 0 amide bonds. The Morgan fingerprint density at radius 2 is 1.85 bits per heavy atom. The summed E-state index contributed by atoms with van der Waals surface area (Å²) < 4.78 is 37.7. The first-order valence-corrected chi connectivity index (χ1v) is 5.29. The standard InChI is InChI=1S/C7H2BrClF3I/c8-4-2-1-3(7(10,11)12)5(9)6(4)13/h1-2H. The largest absolute Gasteiger partial charge is 0.417 e. The van der Waals surface area contributed by atoms with Crippen molar-refractivity contribution in [3.63, 3.8) is 0 Å². The van der Waals surface area contributed by atoms with Gasteiger partial charge >= 0.3 is 6.18 Å². The van der Waals surface area contributed by atoms with Crippen molar-refractivity contribution >= 4 is 50.1 Å². The molecule has 1 aromatic carbocycles. The zero-order valence-corrected chi connectivity index (χ0v) is 10.4. The summed E-state index contributed by atoms with van der Waals surface area (Å²) in [4.78, 5) is 0. The van der Waals surface area contributed by atoms with Crippen LogP contribution in [0.5, 0.6) is 0 Å². The highest BCUT2D eigenvalue weighted by molar-refractivity contribution is 14.1. The minimum absolute atomic E-state index is 0.262. The average molecular weight is 385 g/mol. The maximum absolute atomic E-state index is 12.3. The van der Waals surface area contributed by atoms with Gasteiger partial charge < -0.3 is 0 Å². The van der Waals surface area contributed by atoms with Crippen LogP contribution >= 0.6 is 50.1 Å². The molecule has 0 aliphatic heterocycles. The van der Waals surface area contributed by atoms with Gasteiger partial charge in [-0.25, -0.2) is 0 Å². The van der Waals surface area contributed by atoms with Gasteiger partial charge in [0.15, 0.2) is 0 Å². The molecule has 0 aliphatic carbocycles. The highest BCUT2D eigenvalue weighted by Crippen LogP contribution is 2.39. The van der Waals surface area contributed by atoms with Crippen LogP contribution < -0.4 is 0 Å². The molecule has 0 N–H and O–H groups in total. The Kier molecular flexibility index (Phi) is 3.51. The number of alkyl halides is 3. The summed E-state index contributed by atoms with van der Waals surface area (Å²) in [6.45, 7) is 0. The first-order chi connectivity index (χ1) is 5.84. The van der Waals surface area contributed by atoms with Gasteiger partial charge in [0.05, 0.1) is 10.6 Å². The Labute approximate surface area is 99.7 Å². The van der Waals surface area contributed by atoms with Crippen molar-refractivity contribution in [3.05, 3.63) is 30.8 Å². The lowest BCUT2D eigenvalue weighted by Crippen LogP contribution is -2.06. The molecular weight excluding hydrogens is 383 g/mol. The zero-order chi connectivity index (χ0) is 10.2. The fourth-order valence-electron chi connectivity index (χ4n) is 0.745. The predicted octanol–water partition coefficient (Wildman–Crippen LogP) is 4.73. The summed E-state index contributed by atoms with van der Waals surface area (Å²) in [5.41, 5.74) is -0.804. The van der Waals surface area contributed by atoms with Crippen molar-refractivity contribution in [2.75, 3.05) is 0 Å². The lowest BCUT2D eigenvalue weighted by Gasteiger charge is -2.10. The summed E-state index contributed by atoms with van der Waals surface area (Å²) in [6.07, 6.45) is -4.39. The van der Waals surface area contributed by atoms with Gasteiger partial charge in [0.2, 0.25) is 0 Å². The second-order valence-corrected chi connectivity index (χ2v) is 4.53. The molecule has 0 aliphatic rings. The second kappa shape index (κ2) is 3.94. The van der Waals surface area contributed by atoms with E-state index in [9.17, 15) is 13.2 Å². The van der Waals surface area contributed by atoms with Gasteiger partial charge in [-0.05, 0) is 50.7 Å². The van der Waals surface area contributed by atoms with Crippen LogP contribution in [0.1, 0.15) is 5.56 Å². The van der Waals surface area contributed by atoms with Crippen LogP contribution in [-0.2, 0) is 6.18 Å². The van der Waals surface area contributed by atoms with Crippen LogP contribution in [0.15, 0.2) is 16.6 Å². The Morgan fingerprint density at radius 1 is 1.31 bits per heavy atom. The van der Waals surface area contributed by atoms with Crippen LogP contribution in [0.2, 0.25) is 5.02 Å². The molecule has 0 saturated carbocycles. The van der Waals surface area contributed by atoms with E-state index in [2.05, 4.69) is 15.9 Å². The summed E-state index contributed by atoms with van der Waals surface area (Å²) in [5, 5.41) is -0.262. The molecule has 0 heterocycles. The van der Waals surface area contributed by atoms with Crippen molar-refractivity contribution in [2.24, 2.45) is 0 Å². The predicted molar refractivity (Wildman–Crippen MR) is 56.9 cm³/mol. The van der Waals surface area contributed by atoms with E-state index in [1.807, 2.05) is 0 Å². The molecule has 6 heteroatoms. The van der Waals surface area contributed by atoms with Crippen LogP contribution in [0, 0.1) is 3.57 Å². The van der Waals surface area contributed by atoms with E-state index in [4.69, 9.17) is 11.6 Å². The quantitative estimate of drug-likeness (QED) is 0.448. The highest BCUT2D eigenvalue weighted by atomic mass is 127. The van der Waals surface area contributed by atoms with E-state index in [1.165, 1.54) is 6.07 Å². The fourth-order valence-corrected chi connectivity index (χ4v) is 1.93. The molecule has 0 atom stereocenters. The van der Waals surface area contributed by atoms with Gasteiger partial charge in [-0.15, -0.1) is 0 Å². The minimum Gasteiger partial charge on any atom is -0.166 e. The third-order valence-electron chi connectivity index (χ3n) is 1.34. The summed E-state index contributed by atoms with van der Waals surface area (Å²) in [5.74, 6) is 0. The number of hydrogen-bond donors (Lipinski definition) is 0. The maximum atomic E-state index is 12.3. The number of hydrogen-bond acceptors (Lipinski definition) is 0. The van der Waals surface area contributed by atoms with E-state index in [0.717, 1.165) is 6.07 Å². The van der Waals surface area contributed by atoms with Crippen LogP contribution in [0.3, 0.4) is 0 Å². The Bertz CT molecular complexity index is 337. The number of benzene rings is 1. The smallest absolute Gasteiger partial charge is 0.166 e. The van der Waals surface area contributed by atoms with Gasteiger partial charge in [-0.1, -0.05) is 11.6 Å². The van der Waals surface area contributed by atoms with Gasteiger partial charge in [-0.3, -0.25) is 0 Å². The van der Waals surface area contributed by atoms with Crippen LogP contribution in [0.25, 0.3) is 0 Å². The Morgan fingerprint density at radius 3 is 2.31 bits per heavy atom. The molecule has 0 bridgehead atoms. The highest BCUT2D eigenvalue weighted by Gasteiger charge is 2.34. The molecule has 13 heavy (non-hydrogen) atoms. The van der Waals surface area contributed by atoms with Crippen molar-refractivity contribution in [2.45, 2.75) is 6.18 Å². The van der Waals surface area contributed by atoms with Crippen molar-refractivity contribution < 1.29 is 13.2 Å². The molecule has 0 saturated heterocycles. The van der Waals surface area contributed by atoms with E-state index in [-0.39, 0.29) is 5.02 Å². The lowest BCUT2D eigenvalue weighted by molar-refractivity contribution is -0.137. The molecular formula is C7H2BrClF3I. The van der Waals surface area contributed by atoms with Crippen molar-refractivity contribution in [1.82, 2.24) is 0 Å². The van der Waals surface area contributed by atoms with Gasteiger partial charge in [0.25, 0.3) is 0 Å². The molecule has 0 fully saturated rings. The third-order valence-corrected chi connectivity index (χ3v) is 4.57. The number of halogens is 6. The summed E-state index contributed by atoms with van der Waals surface area (Å²) >= 11 is 10.4. The van der Waals surface area contributed by atoms with Crippen molar-refractivity contribution in [3.8, 4) is 0 Å². The topological polar surface area (TPSA) is 0 Å². The third kappa shape index (κ3) is 2.50. The van der Waals surface area contributed by atoms with E-state index in [0.29, 0.717) is 8.04 Å². The summed E-state index contributed by atoms with van der Waals surface area (Å²) in [7, 11) is 0. The molecule has 0 unspecified atom stereocenters. The molecule has 0 aromatic heterocycles. The molecule has 1 rings (SSSR count). The Hall–Kier alpha value is 0.510. The van der Waals surface area contributed by atoms with E-state index in [1.54, 1.807) is 22.6 Å². The fraction of sp³-hybridized carbons (Fsp3) is 0.143.